The van der Waals surface area contributed by atoms with Crippen molar-refractivity contribution in [2.75, 3.05) is 18.7 Å². The molecule has 2 aromatic rings. The topological polar surface area (TPSA) is 123 Å². The summed E-state index contributed by atoms with van der Waals surface area (Å²) < 4.78 is 16.0. The van der Waals surface area contributed by atoms with Gasteiger partial charge < -0.3 is 30.0 Å². The Kier molecular flexibility index (Phi) is 6.30. The molecule has 3 N–H and O–H groups in total. The van der Waals surface area contributed by atoms with Crippen LogP contribution in [0.3, 0.4) is 0 Å². The number of hydrogen-bond acceptors (Lipinski definition) is 7. The number of ether oxygens (including phenoxy) is 3. The highest BCUT2D eigenvalue weighted by Crippen LogP contribution is 2.40. The minimum absolute atomic E-state index is 0.0194. The van der Waals surface area contributed by atoms with E-state index in [1.165, 1.54) is 0 Å². The maximum Gasteiger partial charge on any atom is 0.352 e. The second-order valence-electron chi connectivity index (χ2n) is 7.28. The molecule has 4 rings (SSSR count). The SMILES string of the molecule is CCOC(=O)C(/C=C(/NC(=O)c1ccccc1)C(=O)O)=C1\CCc2cc3c(cc2N1)OCO3. The van der Waals surface area contributed by atoms with Crippen molar-refractivity contribution in [1.82, 2.24) is 5.32 Å². The molecule has 0 aromatic heterocycles. The summed E-state index contributed by atoms with van der Waals surface area (Å²) in [5.41, 5.74) is 2.04. The molecule has 0 bridgehead atoms. The van der Waals surface area contributed by atoms with E-state index in [0.29, 0.717) is 30.0 Å². The molecule has 0 aliphatic carbocycles. The van der Waals surface area contributed by atoms with Gasteiger partial charge in [-0.2, -0.15) is 0 Å². The fraction of sp³-hybridized carbons (Fsp3) is 0.208. The molecule has 9 heteroatoms. The van der Waals surface area contributed by atoms with Crippen LogP contribution in [0.1, 0.15) is 29.3 Å². The van der Waals surface area contributed by atoms with Gasteiger partial charge in [0.15, 0.2) is 11.5 Å². The number of aryl methyl sites for hydroxylation is 1. The van der Waals surface area contributed by atoms with E-state index < -0.39 is 23.5 Å². The van der Waals surface area contributed by atoms with Gasteiger partial charge in [-0.15, -0.1) is 0 Å². The molecule has 170 valence electrons. The second kappa shape index (κ2) is 9.47. The van der Waals surface area contributed by atoms with Crippen LogP contribution in [0.4, 0.5) is 5.69 Å². The normalized spacial score (nSPS) is 15.7. The third kappa shape index (κ3) is 4.82. The van der Waals surface area contributed by atoms with Gasteiger partial charge in [0, 0.05) is 23.0 Å². The molecule has 33 heavy (non-hydrogen) atoms. The summed E-state index contributed by atoms with van der Waals surface area (Å²) in [4.78, 5) is 37.1. The van der Waals surface area contributed by atoms with Gasteiger partial charge in [0.05, 0.1) is 12.2 Å². The molecular weight excluding hydrogens is 428 g/mol. The number of nitrogens with one attached hydrogen (secondary N) is 2. The van der Waals surface area contributed by atoms with Crippen LogP contribution < -0.4 is 20.1 Å². The zero-order valence-corrected chi connectivity index (χ0v) is 17.8. The van der Waals surface area contributed by atoms with Gasteiger partial charge in [-0.3, -0.25) is 4.79 Å². The molecular formula is C24H22N2O7. The third-order valence-corrected chi connectivity index (χ3v) is 5.15. The molecule has 1 amide bonds. The maximum atomic E-state index is 12.7. The zero-order chi connectivity index (χ0) is 23.4. The van der Waals surface area contributed by atoms with E-state index >= 15 is 0 Å². The molecule has 2 aromatic carbocycles. The molecule has 9 nitrogen and oxygen atoms in total. The summed E-state index contributed by atoms with van der Waals surface area (Å²) in [6.45, 7) is 1.90. The number of aliphatic carboxylic acids is 1. The van der Waals surface area contributed by atoms with Crippen molar-refractivity contribution < 1.29 is 33.7 Å². The number of anilines is 1. The van der Waals surface area contributed by atoms with Crippen molar-refractivity contribution in [2.24, 2.45) is 0 Å². The van der Waals surface area contributed by atoms with E-state index in [-0.39, 0.29) is 24.5 Å². The van der Waals surface area contributed by atoms with Crippen LogP contribution in [0.2, 0.25) is 0 Å². The number of amides is 1. The van der Waals surface area contributed by atoms with Crippen LogP contribution >= 0.6 is 0 Å². The lowest BCUT2D eigenvalue weighted by Gasteiger charge is -2.23. The first-order valence-corrected chi connectivity index (χ1v) is 10.4. The predicted octanol–water partition coefficient (Wildman–Crippen LogP) is 2.99. The van der Waals surface area contributed by atoms with E-state index in [0.717, 1.165) is 17.3 Å². The first kappa shape index (κ1) is 21.9. The number of esters is 1. The molecule has 0 spiro atoms. The third-order valence-electron chi connectivity index (χ3n) is 5.15. The van der Waals surface area contributed by atoms with Crippen LogP contribution in [0.5, 0.6) is 11.5 Å². The second-order valence-corrected chi connectivity index (χ2v) is 7.28. The number of fused-ring (bicyclic) bond motifs is 2. The Balaban J connectivity index is 1.69. The fourth-order valence-electron chi connectivity index (χ4n) is 3.55. The van der Waals surface area contributed by atoms with E-state index in [2.05, 4.69) is 10.6 Å². The summed E-state index contributed by atoms with van der Waals surface area (Å²) in [7, 11) is 0. The average Bonchev–Trinajstić information content (AvgIpc) is 3.27. The van der Waals surface area contributed by atoms with Crippen LogP contribution in [-0.2, 0) is 20.7 Å². The van der Waals surface area contributed by atoms with Crippen molar-refractivity contribution in [3.8, 4) is 11.5 Å². The number of carboxylic acid groups (broad SMARTS) is 1. The highest BCUT2D eigenvalue weighted by molar-refractivity contribution is 6.02. The van der Waals surface area contributed by atoms with Crippen LogP contribution in [0.15, 0.2) is 65.5 Å². The summed E-state index contributed by atoms with van der Waals surface area (Å²) >= 11 is 0. The Hall–Kier alpha value is -4.27. The Labute approximate surface area is 189 Å². The monoisotopic (exact) mass is 450 g/mol. The molecule has 0 radical (unpaired) electrons. The number of hydrogen-bond donors (Lipinski definition) is 3. The van der Waals surface area contributed by atoms with Crippen LogP contribution in [0, 0.1) is 0 Å². The number of allylic oxidation sites excluding steroid dienone is 1. The van der Waals surface area contributed by atoms with E-state index in [9.17, 15) is 19.5 Å². The largest absolute Gasteiger partial charge is 0.477 e. The molecule has 0 unspecified atom stereocenters. The minimum Gasteiger partial charge on any atom is -0.477 e. The van der Waals surface area contributed by atoms with Gasteiger partial charge in [-0.1, -0.05) is 18.2 Å². The molecule has 0 fully saturated rings. The first-order chi connectivity index (χ1) is 16.0. The Bertz CT molecular complexity index is 1170. The van der Waals surface area contributed by atoms with E-state index in [1.54, 1.807) is 43.3 Å². The number of carbonyl (C=O) groups excluding carboxylic acids is 2. The molecule has 0 atom stereocenters. The smallest absolute Gasteiger partial charge is 0.352 e. The lowest BCUT2D eigenvalue weighted by Crippen LogP contribution is -2.28. The van der Waals surface area contributed by atoms with Crippen molar-refractivity contribution in [3.63, 3.8) is 0 Å². The molecule has 0 saturated carbocycles. The van der Waals surface area contributed by atoms with Crippen molar-refractivity contribution in [1.29, 1.82) is 0 Å². The quantitative estimate of drug-likeness (QED) is 0.453. The summed E-state index contributed by atoms with van der Waals surface area (Å²) in [5, 5.41) is 15.2. The van der Waals surface area contributed by atoms with E-state index in [1.807, 2.05) is 6.07 Å². The van der Waals surface area contributed by atoms with Gasteiger partial charge in [0.25, 0.3) is 5.91 Å². The van der Waals surface area contributed by atoms with Crippen LogP contribution in [0.25, 0.3) is 0 Å². The van der Waals surface area contributed by atoms with Crippen molar-refractivity contribution >= 4 is 23.5 Å². The molecule has 2 aliphatic heterocycles. The fourth-order valence-corrected chi connectivity index (χ4v) is 3.55. The number of rotatable bonds is 6. The predicted molar refractivity (Wildman–Crippen MR) is 118 cm³/mol. The standard InChI is InChI=1S/C24H22N2O7/c1-2-31-24(30)16(11-19(23(28)29)26-22(27)14-6-4-3-5-7-14)17-9-8-15-10-20-21(33-13-32-20)12-18(15)25-17/h3-7,10-12,25H,2,8-9,13H2,1H3,(H,26,27)(H,28,29)/b17-16+,19-11+. The summed E-state index contributed by atoms with van der Waals surface area (Å²) in [5.74, 6) is -1.45. The highest BCUT2D eigenvalue weighted by Gasteiger charge is 2.25. The van der Waals surface area contributed by atoms with Gasteiger partial charge >= 0.3 is 11.9 Å². The number of carbonyl (C=O) groups is 3. The first-order valence-electron chi connectivity index (χ1n) is 10.4. The van der Waals surface area contributed by atoms with Gasteiger partial charge in [0.2, 0.25) is 6.79 Å². The molecule has 2 heterocycles. The molecule has 0 saturated heterocycles. The lowest BCUT2D eigenvalue weighted by molar-refractivity contribution is -0.138. The highest BCUT2D eigenvalue weighted by atomic mass is 16.7. The average molecular weight is 450 g/mol. The van der Waals surface area contributed by atoms with Crippen molar-refractivity contribution in [2.45, 2.75) is 19.8 Å². The Morgan fingerprint density at radius 1 is 1.12 bits per heavy atom. The summed E-state index contributed by atoms with van der Waals surface area (Å²) in [6, 6.07) is 11.8. The Morgan fingerprint density at radius 3 is 2.55 bits per heavy atom. The minimum atomic E-state index is -1.39. The maximum absolute atomic E-state index is 12.7. The lowest BCUT2D eigenvalue weighted by atomic mass is 9.97. The van der Waals surface area contributed by atoms with Gasteiger partial charge in [-0.25, -0.2) is 9.59 Å². The molecule has 2 aliphatic rings. The van der Waals surface area contributed by atoms with Gasteiger partial charge in [-0.05, 0) is 49.6 Å². The Morgan fingerprint density at radius 2 is 1.85 bits per heavy atom. The summed E-state index contributed by atoms with van der Waals surface area (Å²) in [6.07, 6.45) is 2.14. The van der Waals surface area contributed by atoms with Crippen LogP contribution in [-0.4, -0.2) is 36.4 Å². The number of carboxylic acids is 1. The number of benzene rings is 2. The van der Waals surface area contributed by atoms with Gasteiger partial charge in [0.1, 0.15) is 5.70 Å². The van der Waals surface area contributed by atoms with E-state index in [4.69, 9.17) is 14.2 Å². The van der Waals surface area contributed by atoms with Crippen molar-refractivity contribution in [3.05, 3.63) is 76.6 Å². The zero-order valence-electron chi connectivity index (χ0n) is 17.8.